The molecule has 3 rings (SSSR count). The van der Waals surface area contributed by atoms with E-state index in [-0.39, 0.29) is 6.61 Å². The van der Waals surface area contributed by atoms with E-state index >= 15 is 0 Å². The molecule has 0 bridgehead atoms. The summed E-state index contributed by atoms with van der Waals surface area (Å²) in [6.07, 6.45) is 2.16. The summed E-state index contributed by atoms with van der Waals surface area (Å²) < 4.78 is 7.78. The summed E-state index contributed by atoms with van der Waals surface area (Å²) in [7, 11) is 0. The molecule has 2 aromatic rings. The van der Waals surface area contributed by atoms with Crippen molar-refractivity contribution in [2.45, 2.75) is 32.2 Å². The molecule has 6 heteroatoms. The number of rotatable bonds is 5. The van der Waals surface area contributed by atoms with Crippen LogP contribution in [0.3, 0.4) is 0 Å². The Bertz CT molecular complexity index is 790. The second kappa shape index (κ2) is 6.12. The third-order valence-electron chi connectivity index (χ3n) is 3.77. The largest absolute Gasteiger partial charge is 0.453 e. The molecule has 1 aromatic carbocycles. The molecular weight excluding hydrogens is 292 g/mol. The first kappa shape index (κ1) is 15.1. The Morgan fingerprint density at radius 3 is 2.43 bits per heavy atom. The molecule has 23 heavy (non-hydrogen) atoms. The van der Waals surface area contributed by atoms with Crippen molar-refractivity contribution in [2.24, 2.45) is 0 Å². The Morgan fingerprint density at radius 2 is 1.91 bits per heavy atom. The highest BCUT2D eigenvalue weighted by atomic mass is 16.5. The second-order valence-corrected chi connectivity index (χ2v) is 5.59. The van der Waals surface area contributed by atoms with Crippen molar-refractivity contribution < 1.29 is 9.84 Å². The van der Waals surface area contributed by atoms with E-state index in [0.717, 1.165) is 24.2 Å². The minimum atomic E-state index is 0.0166. The Morgan fingerprint density at radius 1 is 1.26 bits per heavy atom. The highest BCUT2D eigenvalue weighted by molar-refractivity contribution is 5.48. The summed E-state index contributed by atoms with van der Waals surface area (Å²) in [5.41, 5.74) is 2.48. The van der Waals surface area contributed by atoms with Crippen LogP contribution in [0.5, 0.6) is 11.5 Å². The summed E-state index contributed by atoms with van der Waals surface area (Å²) in [6, 6.07) is 8.81. The molecule has 0 radical (unpaired) electrons. The molecule has 1 fully saturated rings. The van der Waals surface area contributed by atoms with Crippen LogP contribution in [-0.4, -0.2) is 21.5 Å². The quantitative estimate of drug-likeness (QED) is 0.916. The van der Waals surface area contributed by atoms with Crippen LogP contribution in [-0.2, 0) is 6.54 Å². The topological polar surface area (TPSA) is 94.9 Å². The first-order chi connectivity index (χ1) is 11.2. The normalized spacial score (nSPS) is 13.4. The van der Waals surface area contributed by atoms with Crippen molar-refractivity contribution in [2.75, 3.05) is 6.61 Å². The van der Waals surface area contributed by atoms with Gasteiger partial charge in [-0.3, -0.25) is 4.68 Å². The van der Waals surface area contributed by atoms with Gasteiger partial charge in [-0.05, 0) is 38.0 Å². The molecule has 1 N–H and O–H groups in total. The van der Waals surface area contributed by atoms with Crippen LogP contribution in [0.2, 0.25) is 0 Å². The second-order valence-electron chi connectivity index (χ2n) is 5.59. The molecule has 0 amide bonds. The van der Waals surface area contributed by atoms with Crippen molar-refractivity contribution in [3.63, 3.8) is 0 Å². The minimum Gasteiger partial charge on any atom is -0.453 e. The van der Waals surface area contributed by atoms with Gasteiger partial charge in [-0.1, -0.05) is 0 Å². The lowest BCUT2D eigenvalue weighted by atomic mass is 10.1. The molecule has 0 aliphatic heterocycles. The number of aliphatic hydroxyl groups is 1. The van der Waals surface area contributed by atoms with Gasteiger partial charge in [-0.2, -0.15) is 15.6 Å². The lowest BCUT2D eigenvalue weighted by Gasteiger charge is -2.10. The number of ether oxygens (including phenoxy) is 1. The van der Waals surface area contributed by atoms with Crippen molar-refractivity contribution in [3.8, 4) is 23.6 Å². The predicted octanol–water partition coefficient (Wildman–Crippen LogP) is 2.60. The zero-order chi connectivity index (χ0) is 16.4. The lowest BCUT2D eigenvalue weighted by molar-refractivity contribution is 0.267. The van der Waals surface area contributed by atoms with Gasteiger partial charge in [-0.25, -0.2) is 0 Å². The number of nitrogens with zero attached hydrogens (tertiary/aromatic N) is 4. The number of aromatic nitrogens is 2. The van der Waals surface area contributed by atoms with Crippen molar-refractivity contribution in [3.05, 3.63) is 40.7 Å². The fourth-order valence-corrected chi connectivity index (χ4v) is 2.63. The zero-order valence-electron chi connectivity index (χ0n) is 12.8. The Labute approximate surface area is 134 Å². The number of nitriles is 2. The fraction of sp³-hybridized carbons (Fsp3) is 0.353. The van der Waals surface area contributed by atoms with Gasteiger partial charge in [0.1, 0.15) is 11.4 Å². The van der Waals surface area contributed by atoms with Gasteiger partial charge in [0.25, 0.3) is 0 Å². The van der Waals surface area contributed by atoms with Crippen LogP contribution < -0.4 is 4.74 Å². The van der Waals surface area contributed by atoms with E-state index in [1.807, 2.05) is 19.1 Å². The zero-order valence-corrected chi connectivity index (χ0v) is 12.8. The van der Waals surface area contributed by atoms with Gasteiger partial charge >= 0.3 is 0 Å². The van der Waals surface area contributed by atoms with E-state index in [0.29, 0.717) is 35.1 Å². The third kappa shape index (κ3) is 3.03. The fourth-order valence-electron chi connectivity index (χ4n) is 2.63. The van der Waals surface area contributed by atoms with Crippen LogP contribution >= 0.6 is 0 Å². The maximum atomic E-state index is 9.20. The average Bonchev–Trinajstić information content (AvgIpc) is 3.34. The molecule has 0 saturated heterocycles. The summed E-state index contributed by atoms with van der Waals surface area (Å²) in [4.78, 5) is 0. The van der Waals surface area contributed by atoms with E-state index in [9.17, 15) is 5.11 Å². The Hall–Kier alpha value is -2.83. The van der Waals surface area contributed by atoms with E-state index in [2.05, 4.69) is 5.10 Å². The smallest absolute Gasteiger partial charge is 0.171 e. The van der Waals surface area contributed by atoms with Crippen LogP contribution in [0.4, 0.5) is 0 Å². The molecule has 0 unspecified atom stereocenters. The van der Waals surface area contributed by atoms with E-state index in [1.165, 1.54) is 6.07 Å². The van der Waals surface area contributed by atoms with Gasteiger partial charge in [0, 0.05) is 5.92 Å². The number of hydrogen-bond acceptors (Lipinski definition) is 5. The van der Waals surface area contributed by atoms with Crippen LogP contribution in [0, 0.1) is 29.6 Å². The van der Waals surface area contributed by atoms with Crippen LogP contribution in [0.1, 0.15) is 41.3 Å². The number of benzene rings is 1. The highest BCUT2D eigenvalue weighted by Crippen LogP contribution is 2.46. The van der Waals surface area contributed by atoms with Crippen LogP contribution in [0.25, 0.3) is 0 Å². The van der Waals surface area contributed by atoms with Gasteiger partial charge < -0.3 is 9.84 Å². The monoisotopic (exact) mass is 308 g/mol. The average molecular weight is 308 g/mol. The van der Waals surface area contributed by atoms with E-state index in [4.69, 9.17) is 15.3 Å². The van der Waals surface area contributed by atoms with Gasteiger partial charge in [0.05, 0.1) is 42.1 Å². The van der Waals surface area contributed by atoms with Crippen molar-refractivity contribution in [1.29, 1.82) is 10.5 Å². The summed E-state index contributed by atoms with van der Waals surface area (Å²) in [6.45, 7) is 2.30. The molecule has 0 atom stereocenters. The molecule has 1 aromatic heterocycles. The molecule has 0 spiro atoms. The first-order valence-electron chi connectivity index (χ1n) is 7.47. The maximum absolute atomic E-state index is 9.20. The molecule has 1 aliphatic carbocycles. The van der Waals surface area contributed by atoms with E-state index in [1.54, 1.807) is 16.8 Å². The number of aryl methyl sites for hydroxylation is 1. The molecule has 1 aliphatic rings. The minimum absolute atomic E-state index is 0.0166. The molecular formula is C17H16N4O2. The molecule has 1 saturated carbocycles. The number of aliphatic hydroxyl groups excluding tert-OH is 1. The lowest BCUT2D eigenvalue weighted by Crippen LogP contribution is -2.07. The third-order valence-corrected chi connectivity index (χ3v) is 3.77. The summed E-state index contributed by atoms with van der Waals surface area (Å²) >= 11 is 0. The maximum Gasteiger partial charge on any atom is 0.171 e. The number of hydrogen-bond donors (Lipinski definition) is 1. The Balaban J connectivity index is 2.00. The predicted molar refractivity (Wildman–Crippen MR) is 82.0 cm³/mol. The Kier molecular flexibility index (Phi) is 4.01. The molecule has 116 valence electrons. The molecule has 6 nitrogen and oxygen atoms in total. The summed E-state index contributed by atoms with van der Waals surface area (Å²) in [5, 5.41) is 31.8. The highest BCUT2D eigenvalue weighted by Gasteiger charge is 2.32. The van der Waals surface area contributed by atoms with Crippen molar-refractivity contribution >= 4 is 0 Å². The van der Waals surface area contributed by atoms with Crippen LogP contribution in [0.15, 0.2) is 18.2 Å². The first-order valence-corrected chi connectivity index (χ1v) is 7.47. The standard InChI is InChI=1S/C17H16N4O2/c1-11-17(16(14-2-3-14)21(20-11)4-5-22)23-15-7-12(9-18)6-13(8-15)10-19/h6-8,14,22H,2-5H2,1H3. The van der Waals surface area contributed by atoms with Gasteiger partial charge in [-0.15, -0.1) is 0 Å². The van der Waals surface area contributed by atoms with Gasteiger partial charge in [0.15, 0.2) is 5.75 Å². The summed E-state index contributed by atoms with van der Waals surface area (Å²) in [5.74, 6) is 1.52. The van der Waals surface area contributed by atoms with Crippen molar-refractivity contribution in [1.82, 2.24) is 9.78 Å². The molecule has 1 heterocycles. The van der Waals surface area contributed by atoms with Gasteiger partial charge in [0.2, 0.25) is 0 Å². The SMILES string of the molecule is Cc1nn(CCO)c(C2CC2)c1Oc1cc(C#N)cc(C#N)c1. The van der Waals surface area contributed by atoms with E-state index < -0.39 is 0 Å².